The highest BCUT2D eigenvalue weighted by Gasteiger charge is 2.45. The Hall–Kier alpha value is -2.82. The van der Waals surface area contributed by atoms with Crippen molar-refractivity contribution in [3.63, 3.8) is 0 Å². The van der Waals surface area contributed by atoms with Gasteiger partial charge < -0.3 is 34.6 Å². The van der Waals surface area contributed by atoms with E-state index in [0.29, 0.717) is 11.1 Å². The van der Waals surface area contributed by atoms with E-state index in [1.807, 2.05) is 0 Å². The molecular weight excluding hydrogens is 408 g/mol. The summed E-state index contributed by atoms with van der Waals surface area (Å²) >= 11 is 0. The quantitative estimate of drug-likeness (QED) is 0.448. The van der Waals surface area contributed by atoms with Gasteiger partial charge in [-0.2, -0.15) is 0 Å². The third kappa shape index (κ3) is 3.31. The minimum atomic E-state index is -1.64. The number of ketones is 2. The summed E-state index contributed by atoms with van der Waals surface area (Å²) in [5.41, 5.74) is 1.15. The second-order valence-electron chi connectivity index (χ2n) is 7.50. The predicted octanol–water partition coefficient (Wildman–Crippen LogP) is -0.0423. The van der Waals surface area contributed by atoms with Crippen LogP contribution in [0, 0.1) is 6.92 Å². The molecule has 4 N–H and O–H groups in total. The number of carbonyl (C=O) groups excluding carboxylic acids is 2. The summed E-state index contributed by atoms with van der Waals surface area (Å²) in [5.74, 6) is -0.724. The molecule has 0 radical (unpaired) electrons. The van der Waals surface area contributed by atoms with Gasteiger partial charge in [-0.05, 0) is 18.6 Å². The van der Waals surface area contributed by atoms with E-state index in [0.717, 1.165) is 0 Å². The fourth-order valence-corrected chi connectivity index (χ4v) is 3.95. The summed E-state index contributed by atoms with van der Waals surface area (Å²) in [7, 11) is 1.31. The summed E-state index contributed by atoms with van der Waals surface area (Å²) in [6.07, 6.45) is -7.45. The standard InChI is InChI=1S/C22H22O9/c1-9-7-12-14(16(25)11-6-4-3-5-10(11)15(12)24)21(29-2)20(9)31-22-19(28)18(27)17(26)13(8-23)30-22/h3-7,13,17-19,22-23,26-28H,8H2,1-2H3/t13-,17-,18+,19-,22+/m1/s1. The molecular formula is C22H22O9. The highest BCUT2D eigenvalue weighted by atomic mass is 16.7. The van der Waals surface area contributed by atoms with Crippen LogP contribution in [0.3, 0.4) is 0 Å². The lowest BCUT2D eigenvalue weighted by Gasteiger charge is -2.40. The van der Waals surface area contributed by atoms with E-state index in [1.165, 1.54) is 13.2 Å². The first-order chi connectivity index (χ1) is 14.8. The molecule has 31 heavy (non-hydrogen) atoms. The highest BCUT2D eigenvalue weighted by molar-refractivity contribution is 6.29. The number of hydrogen-bond acceptors (Lipinski definition) is 9. The van der Waals surface area contributed by atoms with Crippen molar-refractivity contribution in [2.75, 3.05) is 13.7 Å². The summed E-state index contributed by atoms with van der Waals surface area (Å²) < 4.78 is 16.6. The van der Waals surface area contributed by atoms with E-state index in [-0.39, 0.29) is 34.0 Å². The topological polar surface area (TPSA) is 143 Å². The van der Waals surface area contributed by atoms with Gasteiger partial charge in [0.15, 0.2) is 23.1 Å². The maximum atomic E-state index is 13.2. The lowest BCUT2D eigenvalue weighted by atomic mass is 9.82. The summed E-state index contributed by atoms with van der Waals surface area (Å²) in [6.45, 7) is 1.01. The molecule has 1 aliphatic carbocycles. The lowest BCUT2D eigenvalue weighted by molar-refractivity contribution is -0.277. The summed E-state index contributed by atoms with van der Waals surface area (Å²) in [4.78, 5) is 26.2. The molecule has 1 saturated heterocycles. The number of rotatable bonds is 4. The Morgan fingerprint density at radius 1 is 0.935 bits per heavy atom. The zero-order chi connectivity index (χ0) is 22.4. The fourth-order valence-electron chi connectivity index (χ4n) is 3.95. The zero-order valence-corrected chi connectivity index (χ0v) is 16.8. The molecule has 9 nitrogen and oxygen atoms in total. The average Bonchev–Trinajstić information content (AvgIpc) is 2.78. The molecule has 1 fully saturated rings. The Kier molecular flexibility index (Phi) is 5.54. The number of hydrogen-bond donors (Lipinski definition) is 4. The Balaban J connectivity index is 1.79. The highest BCUT2D eigenvalue weighted by Crippen LogP contribution is 2.42. The van der Waals surface area contributed by atoms with Crippen molar-refractivity contribution in [2.24, 2.45) is 0 Å². The SMILES string of the molecule is COc1c(O[C@@H]2O[C@H](CO)[C@@H](O)[C@H](O)[C@H]2O)c(C)cc2c1C(=O)c1ccccc1C2=O. The molecule has 1 aliphatic heterocycles. The fraction of sp³-hybridized carbons (Fsp3) is 0.364. The number of carbonyl (C=O) groups is 2. The number of aliphatic hydroxyl groups excluding tert-OH is 4. The first-order valence-corrected chi connectivity index (χ1v) is 9.67. The summed E-state index contributed by atoms with van der Waals surface area (Å²) in [6, 6.07) is 7.96. The first kappa shape index (κ1) is 21.4. The number of aryl methyl sites for hydroxylation is 1. The molecule has 0 unspecified atom stereocenters. The van der Waals surface area contributed by atoms with Crippen molar-refractivity contribution in [3.8, 4) is 11.5 Å². The normalized spacial score (nSPS) is 27.5. The van der Waals surface area contributed by atoms with Gasteiger partial charge in [-0.1, -0.05) is 24.3 Å². The van der Waals surface area contributed by atoms with Crippen LogP contribution in [-0.4, -0.2) is 76.4 Å². The van der Waals surface area contributed by atoms with Gasteiger partial charge in [0, 0.05) is 16.7 Å². The van der Waals surface area contributed by atoms with Crippen LogP contribution < -0.4 is 9.47 Å². The molecule has 0 amide bonds. The molecule has 164 valence electrons. The number of aliphatic hydroxyl groups is 4. The van der Waals surface area contributed by atoms with Gasteiger partial charge in [-0.25, -0.2) is 0 Å². The molecule has 0 aromatic heterocycles. The van der Waals surface area contributed by atoms with Crippen LogP contribution in [-0.2, 0) is 4.74 Å². The van der Waals surface area contributed by atoms with Crippen molar-refractivity contribution in [1.82, 2.24) is 0 Å². The maximum absolute atomic E-state index is 13.2. The van der Waals surface area contributed by atoms with E-state index < -0.39 is 43.1 Å². The van der Waals surface area contributed by atoms with Crippen LogP contribution in [0.25, 0.3) is 0 Å². The lowest BCUT2D eigenvalue weighted by Crippen LogP contribution is -2.60. The number of methoxy groups -OCH3 is 1. The molecule has 0 saturated carbocycles. The Morgan fingerprint density at radius 3 is 2.19 bits per heavy atom. The van der Waals surface area contributed by atoms with Crippen LogP contribution in [0.5, 0.6) is 11.5 Å². The smallest absolute Gasteiger partial charge is 0.229 e. The van der Waals surface area contributed by atoms with Gasteiger partial charge in [0.2, 0.25) is 6.29 Å². The van der Waals surface area contributed by atoms with E-state index in [9.17, 15) is 30.0 Å². The molecule has 4 rings (SSSR count). The van der Waals surface area contributed by atoms with Gasteiger partial charge in [0.25, 0.3) is 0 Å². The van der Waals surface area contributed by atoms with Crippen LogP contribution in [0.1, 0.15) is 37.4 Å². The number of ether oxygens (including phenoxy) is 3. The zero-order valence-electron chi connectivity index (χ0n) is 16.8. The summed E-state index contributed by atoms with van der Waals surface area (Å²) in [5, 5.41) is 39.6. The van der Waals surface area contributed by atoms with Crippen molar-refractivity contribution in [3.05, 3.63) is 58.1 Å². The molecule has 2 aliphatic rings. The largest absolute Gasteiger partial charge is 0.492 e. The molecule has 5 atom stereocenters. The maximum Gasteiger partial charge on any atom is 0.229 e. The third-order valence-corrected chi connectivity index (χ3v) is 5.60. The Labute approximate surface area is 177 Å². The second-order valence-corrected chi connectivity index (χ2v) is 7.50. The third-order valence-electron chi connectivity index (χ3n) is 5.60. The molecule has 0 spiro atoms. The van der Waals surface area contributed by atoms with Crippen LogP contribution >= 0.6 is 0 Å². The van der Waals surface area contributed by atoms with E-state index in [1.54, 1.807) is 31.2 Å². The van der Waals surface area contributed by atoms with Crippen LogP contribution in [0.15, 0.2) is 30.3 Å². The Bertz CT molecular complexity index is 1050. The molecule has 0 bridgehead atoms. The van der Waals surface area contributed by atoms with Gasteiger partial charge in [0.05, 0.1) is 19.3 Å². The predicted molar refractivity (Wildman–Crippen MR) is 105 cm³/mol. The number of benzene rings is 2. The monoisotopic (exact) mass is 430 g/mol. The second kappa shape index (κ2) is 8.03. The molecule has 2 aromatic rings. The van der Waals surface area contributed by atoms with Crippen molar-refractivity contribution >= 4 is 11.6 Å². The van der Waals surface area contributed by atoms with Crippen LogP contribution in [0.2, 0.25) is 0 Å². The van der Waals surface area contributed by atoms with Crippen molar-refractivity contribution in [1.29, 1.82) is 0 Å². The van der Waals surface area contributed by atoms with Crippen LogP contribution in [0.4, 0.5) is 0 Å². The Morgan fingerprint density at radius 2 is 1.58 bits per heavy atom. The number of fused-ring (bicyclic) bond motifs is 2. The molecule has 9 heteroatoms. The minimum Gasteiger partial charge on any atom is -0.492 e. The van der Waals surface area contributed by atoms with E-state index >= 15 is 0 Å². The van der Waals surface area contributed by atoms with E-state index in [2.05, 4.69) is 0 Å². The molecule has 2 aromatic carbocycles. The van der Waals surface area contributed by atoms with E-state index in [4.69, 9.17) is 14.2 Å². The van der Waals surface area contributed by atoms with Crippen molar-refractivity contribution in [2.45, 2.75) is 37.6 Å². The van der Waals surface area contributed by atoms with Gasteiger partial charge >= 0.3 is 0 Å². The van der Waals surface area contributed by atoms with Gasteiger partial charge in [-0.3, -0.25) is 9.59 Å². The van der Waals surface area contributed by atoms with Gasteiger partial charge in [-0.15, -0.1) is 0 Å². The minimum absolute atomic E-state index is 0.0141. The van der Waals surface area contributed by atoms with Gasteiger partial charge in [0.1, 0.15) is 24.4 Å². The molecule has 1 heterocycles. The first-order valence-electron chi connectivity index (χ1n) is 9.67. The average molecular weight is 430 g/mol. The van der Waals surface area contributed by atoms with Crippen molar-refractivity contribution < 1.29 is 44.2 Å².